The number of hydrogen-bond acceptors (Lipinski definition) is 4. The van der Waals surface area contributed by atoms with Gasteiger partial charge in [-0.15, -0.1) is 0 Å². The van der Waals surface area contributed by atoms with E-state index in [9.17, 15) is 8.42 Å². The van der Waals surface area contributed by atoms with Crippen molar-refractivity contribution in [3.63, 3.8) is 0 Å². The van der Waals surface area contributed by atoms with Crippen molar-refractivity contribution >= 4 is 10.0 Å². The first-order valence-electron chi connectivity index (χ1n) is 8.85. The second kappa shape index (κ2) is 6.28. The Balaban J connectivity index is 1.52. The summed E-state index contributed by atoms with van der Waals surface area (Å²) in [5, 5.41) is 0. The second-order valence-corrected chi connectivity index (χ2v) is 9.28. The zero-order valence-electron chi connectivity index (χ0n) is 15.1. The highest BCUT2D eigenvalue weighted by Crippen LogP contribution is 2.41. The van der Waals surface area contributed by atoms with Crippen molar-refractivity contribution in [3.05, 3.63) is 53.6 Å². The van der Waals surface area contributed by atoms with Crippen LogP contribution in [-0.2, 0) is 15.4 Å². The number of nitrogens with zero attached hydrogens (tertiary/aromatic N) is 1. The Bertz CT molecular complexity index is 913. The third kappa shape index (κ3) is 2.97. The van der Waals surface area contributed by atoms with Crippen LogP contribution >= 0.6 is 0 Å². The molecule has 0 radical (unpaired) electrons. The number of fused-ring (bicyclic) bond motifs is 1. The molecule has 0 amide bonds. The van der Waals surface area contributed by atoms with E-state index in [4.69, 9.17) is 9.47 Å². The van der Waals surface area contributed by atoms with Crippen LogP contribution in [0.2, 0.25) is 0 Å². The number of ether oxygens (including phenoxy) is 2. The predicted molar refractivity (Wildman–Crippen MR) is 99.1 cm³/mol. The van der Waals surface area contributed by atoms with E-state index >= 15 is 0 Å². The van der Waals surface area contributed by atoms with E-state index in [2.05, 4.69) is 13.0 Å². The molecule has 0 unspecified atom stereocenters. The molecular formula is C20H23NO4S. The molecule has 0 spiro atoms. The quantitative estimate of drug-likeness (QED) is 0.827. The van der Waals surface area contributed by atoms with Gasteiger partial charge in [-0.25, -0.2) is 8.42 Å². The topological polar surface area (TPSA) is 55.8 Å². The van der Waals surface area contributed by atoms with Gasteiger partial charge in [-0.05, 0) is 55.0 Å². The van der Waals surface area contributed by atoms with E-state index < -0.39 is 10.0 Å². The first kappa shape index (κ1) is 17.4. The molecule has 5 nitrogen and oxygen atoms in total. The van der Waals surface area contributed by atoms with E-state index in [-0.39, 0.29) is 12.2 Å². The summed E-state index contributed by atoms with van der Waals surface area (Å²) in [5.74, 6) is 1.55. The van der Waals surface area contributed by atoms with Crippen molar-refractivity contribution in [2.45, 2.75) is 37.0 Å². The molecule has 6 heteroatoms. The van der Waals surface area contributed by atoms with E-state index in [0.717, 1.165) is 29.9 Å². The van der Waals surface area contributed by atoms with Gasteiger partial charge in [0.2, 0.25) is 16.8 Å². The molecule has 0 bridgehead atoms. The van der Waals surface area contributed by atoms with Crippen LogP contribution in [0.3, 0.4) is 0 Å². The van der Waals surface area contributed by atoms with Crippen molar-refractivity contribution < 1.29 is 17.9 Å². The molecule has 2 aromatic carbocycles. The van der Waals surface area contributed by atoms with Gasteiger partial charge in [0.25, 0.3) is 0 Å². The van der Waals surface area contributed by atoms with Gasteiger partial charge in [0.15, 0.2) is 11.5 Å². The van der Waals surface area contributed by atoms with Gasteiger partial charge in [-0.3, -0.25) is 0 Å². The number of sulfonamides is 1. The highest BCUT2D eigenvalue weighted by Gasteiger charge is 2.37. The molecule has 2 aromatic rings. The minimum absolute atomic E-state index is 0.0692. The number of aryl methyl sites for hydroxylation is 1. The zero-order valence-corrected chi connectivity index (χ0v) is 15.9. The SMILES string of the molecule is Cc1ccc(S(=O)(=O)N2CCC(C)(c3ccc4c(c3)OCO4)CC2)cc1. The maximum Gasteiger partial charge on any atom is 0.243 e. The Hall–Kier alpha value is -2.05. The lowest BCUT2D eigenvalue weighted by atomic mass is 9.75. The van der Waals surface area contributed by atoms with E-state index in [1.807, 2.05) is 31.2 Å². The first-order valence-corrected chi connectivity index (χ1v) is 10.3. The third-order valence-corrected chi connectivity index (χ3v) is 7.47. The molecule has 0 atom stereocenters. The van der Waals surface area contributed by atoms with Gasteiger partial charge < -0.3 is 9.47 Å². The van der Waals surface area contributed by atoms with Gasteiger partial charge in [0.05, 0.1) is 4.90 Å². The van der Waals surface area contributed by atoms with Crippen LogP contribution < -0.4 is 9.47 Å². The van der Waals surface area contributed by atoms with Crippen LogP contribution in [0.4, 0.5) is 0 Å². The molecule has 0 aromatic heterocycles. The van der Waals surface area contributed by atoms with E-state index in [0.29, 0.717) is 18.0 Å². The lowest BCUT2D eigenvalue weighted by Gasteiger charge is -2.39. The van der Waals surface area contributed by atoms with Crippen molar-refractivity contribution in [2.24, 2.45) is 0 Å². The second-order valence-electron chi connectivity index (χ2n) is 7.35. The summed E-state index contributed by atoms with van der Waals surface area (Å²) in [4.78, 5) is 0.370. The highest BCUT2D eigenvalue weighted by molar-refractivity contribution is 7.89. The minimum atomic E-state index is -3.43. The van der Waals surface area contributed by atoms with Gasteiger partial charge in [-0.2, -0.15) is 4.31 Å². The standard InChI is InChI=1S/C20H23NO4S/c1-15-3-6-17(7-4-15)26(22,23)21-11-9-20(2,10-12-21)16-5-8-18-19(13-16)25-14-24-18/h3-8,13H,9-12,14H2,1-2H3. The van der Waals surface area contributed by atoms with Crippen molar-refractivity contribution in [1.29, 1.82) is 0 Å². The van der Waals surface area contributed by atoms with Crippen LogP contribution in [0.25, 0.3) is 0 Å². The lowest BCUT2D eigenvalue weighted by molar-refractivity contribution is 0.173. The largest absolute Gasteiger partial charge is 0.454 e. The summed E-state index contributed by atoms with van der Waals surface area (Å²) < 4.78 is 38.3. The van der Waals surface area contributed by atoms with Crippen molar-refractivity contribution in [1.82, 2.24) is 4.31 Å². The molecule has 2 aliphatic rings. The fourth-order valence-electron chi connectivity index (χ4n) is 3.64. The Morgan fingerprint density at radius 1 is 0.962 bits per heavy atom. The maximum absolute atomic E-state index is 12.9. The smallest absolute Gasteiger partial charge is 0.243 e. The number of hydrogen-bond donors (Lipinski definition) is 0. The maximum atomic E-state index is 12.9. The summed E-state index contributed by atoms with van der Waals surface area (Å²) in [7, 11) is -3.43. The van der Waals surface area contributed by atoms with Gasteiger partial charge >= 0.3 is 0 Å². The average molecular weight is 373 g/mol. The molecule has 4 rings (SSSR count). The molecule has 1 fully saturated rings. The van der Waals surface area contributed by atoms with Crippen LogP contribution in [0.5, 0.6) is 11.5 Å². The third-order valence-electron chi connectivity index (χ3n) is 5.55. The van der Waals surface area contributed by atoms with Crippen LogP contribution in [0, 0.1) is 6.92 Å². The number of rotatable bonds is 3. The molecule has 2 heterocycles. The lowest BCUT2D eigenvalue weighted by Crippen LogP contribution is -2.43. The summed E-state index contributed by atoms with van der Waals surface area (Å²) in [6.07, 6.45) is 1.55. The Kier molecular flexibility index (Phi) is 4.20. The fraction of sp³-hybridized carbons (Fsp3) is 0.400. The normalized spacial score (nSPS) is 19.5. The summed E-state index contributed by atoms with van der Waals surface area (Å²) in [6.45, 7) is 5.44. The highest BCUT2D eigenvalue weighted by atomic mass is 32.2. The molecule has 1 saturated heterocycles. The molecule has 0 aliphatic carbocycles. The predicted octanol–water partition coefficient (Wildman–Crippen LogP) is 3.47. The molecule has 26 heavy (non-hydrogen) atoms. The van der Waals surface area contributed by atoms with Crippen LogP contribution in [0.15, 0.2) is 47.4 Å². The van der Waals surface area contributed by atoms with E-state index in [1.165, 1.54) is 5.56 Å². The molecule has 0 saturated carbocycles. The van der Waals surface area contributed by atoms with Crippen molar-refractivity contribution in [3.8, 4) is 11.5 Å². The fourth-order valence-corrected chi connectivity index (χ4v) is 5.08. The summed E-state index contributed by atoms with van der Waals surface area (Å²) >= 11 is 0. The van der Waals surface area contributed by atoms with Crippen LogP contribution in [-0.4, -0.2) is 32.6 Å². The molecular weight excluding hydrogens is 350 g/mol. The number of piperidine rings is 1. The average Bonchev–Trinajstić information content (AvgIpc) is 3.10. The minimum Gasteiger partial charge on any atom is -0.454 e. The van der Waals surface area contributed by atoms with Gasteiger partial charge in [0.1, 0.15) is 0 Å². The Morgan fingerprint density at radius 3 is 2.31 bits per heavy atom. The Morgan fingerprint density at radius 2 is 1.62 bits per heavy atom. The molecule has 138 valence electrons. The molecule has 0 N–H and O–H groups in total. The van der Waals surface area contributed by atoms with Crippen molar-refractivity contribution in [2.75, 3.05) is 19.9 Å². The zero-order chi connectivity index (χ0) is 18.4. The molecule has 2 aliphatic heterocycles. The monoisotopic (exact) mass is 373 g/mol. The summed E-state index contributed by atoms with van der Waals surface area (Å²) in [5.41, 5.74) is 2.16. The van der Waals surface area contributed by atoms with Gasteiger partial charge in [0, 0.05) is 13.1 Å². The summed E-state index contributed by atoms with van der Waals surface area (Å²) in [6, 6.07) is 13.1. The first-order chi connectivity index (χ1) is 12.4. The van der Waals surface area contributed by atoms with E-state index in [1.54, 1.807) is 16.4 Å². The Labute approximate surface area is 154 Å². The number of benzene rings is 2. The van der Waals surface area contributed by atoms with Crippen LogP contribution in [0.1, 0.15) is 30.9 Å². The van der Waals surface area contributed by atoms with Gasteiger partial charge in [-0.1, -0.05) is 30.7 Å².